The monoisotopic (exact) mass is 458 g/mol. The van der Waals surface area contributed by atoms with E-state index >= 15 is 0 Å². The van der Waals surface area contributed by atoms with E-state index in [0.29, 0.717) is 19.4 Å². The van der Waals surface area contributed by atoms with Gasteiger partial charge in [0.05, 0.1) is 36.4 Å². The van der Waals surface area contributed by atoms with Gasteiger partial charge in [-0.25, -0.2) is 0 Å². The molecule has 3 aliphatic carbocycles. The molecule has 3 saturated carbocycles. The smallest absolute Gasteiger partial charge is 0.320 e. The van der Waals surface area contributed by atoms with Crippen LogP contribution in [0.5, 0.6) is 0 Å². The summed E-state index contributed by atoms with van der Waals surface area (Å²) in [4.78, 5) is 36.5. The second-order valence-corrected chi connectivity index (χ2v) is 10.3. The number of rotatable bonds is 7. The molecule has 0 aromatic heterocycles. The summed E-state index contributed by atoms with van der Waals surface area (Å²) < 4.78 is 15.7. The lowest BCUT2D eigenvalue weighted by Gasteiger charge is -2.27. The van der Waals surface area contributed by atoms with Crippen molar-refractivity contribution in [1.82, 2.24) is 0 Å². The highest BCUT2D eigenvalue weighted by molar-refractivity contribution is 7.95. The van der Waals surface area contributed by atoms with Crippen molar-refractivity contribution in [2.75, 3.05) is 6.61 Å². The second-order valence-electron chi connectivity index (χ2n) is 9.09. The number of hydrogen-bond donors (Lipinski definition) is 1. The Labute approximate surface area is 189 Å². The number of thiol groups is 1. The molecule has 0 aromatic rings. The predicted octanol–water partition coefficient (Wildman–Crippen LogP) is 5.05. The van der Waals surface area contributed by atoms with Crippen LogP contribution in [0, 0.1) is 23.7 Å². The SMILES string of the molecule is O=C(OS)C1CCC(COC(=O)C2CCCC(SOC(=O)C3CCCCCC3)C2)C1. The molecule has 6 nitrogen and oxygen atoms in total. The molecule has 0 aromatic carbocycles. The lowest BCUT2D eigenvalue weighted by molar-refractivity contribution is -0.151. The molecule has 0 amide bonds. The molecule has 8 heteroatoms. The second kappa shape index (κ2) is 12.2. The quantitative estimate of drug-likeness (QED) is 0.247. The van der Waals surface area contributed by atoms with Crippen molar-refractivity contribution in [3.63, 3.8) is 0 Å². The third-order valence-electron chi connectivity index (χ3n) is 6.84. The van der Waals surface area contributed by atoms with Gasteiger partial charge in [0.1, 0.15) is 0 Å². The van der Waals surface area contributed by atoms with E-state index in [2.05, 4.69) is 17.1 Å². The Morgan fingerprint density at radius 3 is 2.17 bits per heavy atom. The molecule has 170 valence electrons. The fourth-order valence-corrected chi connectivity index (χ4v) is 6.07. The lowest BCUT2D eigenvalue weighted by Crippen LogP contribution is -2.28. The van der Waals surface area contributed by atoms with Crippen LogP contribution in [-0.4, -0.2) is 29.8 Å². The van der Waals surface area contributed by atoms with Crippen LogP contribution in [0.25, 0.3) is 0 Å². The topological polar surface area (TPSA) is 78.9 Å². The zero-order valence-corrected chi connectivity index (χ0v) is 19.3. The zero-order chi connectivity index (χ0) is 21.3. The third kappa shape index (κ3) is 7.08. The average Bonchev–Trinajstić information content (AvgIpc) is 3.08. The molecule has 0 bridgehead atoms. The summed E-state index contributed by atoms with van der Waals surface area (Å²) in [5.74, 6) is -0.548. The van der Waals surface area contributed by atoms with Gasteiger partial charge in [-0.2, -0.15) is 0 Å². The van der Waals surface area contributed by atoms with E-state index < -0.39 is 0 Å². The van der Waals surface area contributed by atoms with E-state index in [4.69, 9.17) is 8.92 Å². The highest BCUT2D eigenvalue weighted by Gasteiger charge is 2.34. The molecule has 0 radical (unpaired) electrons. The van der Waals surface area contributed by atoms with Crippen LogP contribution in [0.3, 0.4) is 0 Å². The van der Waals surface area contributed by atoms with Gasteiger partial charge in [0, 0.05) is 18.2 Å². The van der Waals surface area contributed by atoms with E-state index in [9.17, 15) is 14.4 Å². The van der Waals surface area contributed by atoms with Crippen LogP contribution >= 0.6 is 25.0 Å². The normalized spacial score (nSPS) is 30.3. The summed E-state index contributed by atoms with van der Waals surface area (Å²) in [6.07, 6.45) is 12.3. The zero-order valence-electron chi connectivity index (χ0n) is 17.6. The Hall–Kier alpha value is -0.890. The molecule has 0 aliphatic heterocycles. The van der Waals surface area contributed by atoms with E-state index in [1.165, 1.54) is 24.9 Å². The summed E-state index contributed by atoms with van der Waals surface area (Å²) >= 11 is 4.84. The van der Waals surface area contributed by atoms with E-state index in [-0.39, 0.29) is 46.8 Å². The number of carbonyl (C=O) groups is 3. The fourth-order valence-electron chi connectivity index (χ4n) is 4.98. The summed E-state index contributed by atoms with van der Waals surface area (Å²) in [6.45, 7) is 0.361. The summed E-state index contributed by atoms with van der Waals surface area (Å²) in [5, 5.41) is 0.159. The molecule has 4 unspecified atom stereocenters. The number of carbonyl (C=O) groups excluding carboxylic acids is 3. The molecule has 0 N–H and O–H groups in total. The minimum atomic E-state index is -0.294. The molecular weight excluding hydrogens is 424 g/mol. The molecule has 0 spiro atoms. The first-order valence-electron chi connectivity index (χ1n) is 11.5. The Kier molecular flexibility index (Phi) is 9.68. The Balaban J connectivity index is 1.36. The number of esters is 1. The summed E-state index contributed by atoms with van der Waals surface area (Å²) in [6, 6.07) is 0. The van der Waals surface area contributed by atoms with Crippen LogP contribution in [0.1, 0.15) is 83.5 Å². The van der Waals surface area contributed by atoms with Gasteiger partial charge in [-0.15, -0.1) is 0 Å². The van der Waals surface area contributed by atoms with Crippen molar-refractivity contribution in [2.24, 2.45) is 23.7 Å². The minimum Gasteiger partial charge on any atom is -0.465 e. The molecular formula is C22H34O6S2. The molecule has 30 heavy (non-hydrogen) atoms. The first kappa shape index (κ1) is 23.8. The highest BCUT2D eigenvalue weighted by Crippen LogP contribution is 2.36. The maximum atomic E-state index is 12.6. The lowest BCUT2D eigenvalue weighted by atomic mass is 9.89. The van der Waals surface area contributed by atoms with Gasteiger partial charge in [0.15, 0.2) is 0 Å². The summed E-state index contributed by atoms with van der Waals surface area (Å²) in [5.41, 5.74) is 0. The van der Waals surface area contributed by atoms with Crippen LogP contribution in [-0.2, 0) is 27.5 Å². The first-order chi connectivity index (χ1) is 14.6. The van der Waals surface area contributed by atoms with E-state index in [1.54, 1.807) is 0 Å². The largest absolute Gasteiger partial charge is 0.465 e. The van der Waals surface area contributed by atoms with Gasteiger partial charge in [0.25, 0.3) is 0 Å². The van der Waals surface area contributed by atoms with Crippen LogP contribution < -0.4 is 0 Å². The van der Waals surface area contributed by atoms with Crippen molar-refractivity contribution in [1.29, 1.82) is 0 Å². The van der Waals surface area contributed by atoms with Gasteiger partial charge >= 0.3 is 17.9 Å². The van der Waals surface area contributed by atoms with Crippen molar-refractivity contribution in [2.45, 2.75) is 88.7 Å². The standard InChI is InChI=1S/C22H34O6S2/c23-20(26-14-15-10-11-18(12-15)21(24)27-29)17-8-5-9-19(13-17)30-28-22(25)16-6-3-1-2-4-7-16/h15-19,29H,1-14H2. The van der Waals surface area contributed by atoms with Gasteiger partial charge < -0.3 is 13.1 Å². The highest BCUT2D eigenvalue weighted by atomic mass is 32.2. The molecule has 0 heterocycles. The van der Waals surface area contributed by atoms with Gasteiger partial charge in [-0.05, 0) is 57.3 Å². The maximum Gasteiger partial charge on any atom is 0.320 e. The Morgan fingerprint density at radius 1 is 0.733 bits per heavy atom. The van der Waals surface area contributed by atoms with Crippen molar-refractivity contribution < 1.29 is 27.5 Å². The molecule has 4 atom stereocenters. The molecule has 3 rings (SSSR count). The predicted molar refractivity (Wildman–Crippen MR) is 117 cm³/mol. The Morgan fingerprint density at radius 2 is 1.43 bits per heavy atom. The van der Waals surface area contributed by atoms with Crippen molar-refractivity contribution in [3.05, 3.63) is 0 Å². The average molecular weight is 459 g/mol. The van der Waals surface area contributed by atoms with Crippen molar-refractivity contribution in [3.8, 4) is 0 Å². The first-order valence-corrected chi connectivity index (χ1v) is 12.6. The van der Waals surface area contributed by atoms with Crippen molar-refractivity contribution >= 4 is 42.9 Å². The minimum absolute atomic E-state index is 0.0411. The van der Waals surface area contributed by atoms with Gasteiger partial charge in [-0.3, -0.25) is 14.4 Å². The number of hydrogen-bond acceptors (Lipinski definition) is 8. The van der Waals surface area contributed by atoms with Crippen LogP contribution in [0.2, 0.25) is 0 Å². The molecule has 3 fully saturated rings. The van der Waals surface area contributed by atoms with E-state index in [0.717, 1.165) is 57.8 Å². The Bertz CT molecular complexity index is 590. The van der Waals surface area contributed by atoms with Gasteiger partial charge in [-0.1, -0.05) is 32.1 Å². The van der Waals surface area contributed by atoms with Gasteiger partial charge in [0.2, 0.25) is 0 Å². The summed E-state index contributed by atoms with van der Waals surface area (Å²) in [7, 11) is 0. The number of ether oxygens (including phenoxy) is 1. The molecule has 3 aliphatic rings. The van der Waals surface area contributed by atoms with Crippen LogP contribution in [0.15, 0.2) is 0 Å². The van der Waals surface area contributed by atoms with Crippen LogP contribution in [0.4, 0.5) is 0 Å². The maximum absolute atomic E-state index is 12.6. The van der Waals surface area contributed by atoms with E-state index in [1.807, 2.05) is 0 Å². The third-order valence-corrected chi connectivity index (χ3v) is 7.98. The fraction of sp³-hybridized carbons (Fsp3) is 0.864. The molecule has 0 saturated heterocycles.